The molecule has 0 saturated heterocycles. The number of rotatable bonds is 2. The van der Waals surface area contributed by atoms with Gasteiger partial charge in [0.25, 0.3) is 0 Å². The van der Waals surface area contributed by atoms with E-state index in [-0.39, 0.29) is 6.04 Å². The molecule has 1 aliphatic carbocycles. The molecule has 0 spiro atoms. The van der Waals surface area contributed by atoms with Crippen LogP contribution in [0, 0.1) is 0 Å². The summed E-state index contributed by atoms with van der Waals surface area (Å²) in [4.78, 5) is 10.6. The van der Waals surface area contributed by atoms with Gasteiger partial charge in [-0.3, -0.25) is 0 Å². The number of hydrogen-bond acceptors (Lipinski definition) is 2. The van der Waals surface area contributed by atoms with Crippen LogP contribution in [0.2, 0.25) is 0 Å². The molecule has 3 N–H and O–H groups in total. The Morgan fingerprint density at radius 3 is 2.77 bits per heavy atom. The Kier molecular flexibility index (Phi) is 1.81. The van der Waals surface area contributed by atoms with Gasteiger partial charge in [-0.05, 0) is 24.1 Å². The minimum absolute atomic E-state index is 0.226. The van der Waals surface area contributed by atoms with Crippen molar-refractivity contribution in [3.05, 3.63) is 35.4 Å². The van der Waals surface area contributed by atoms with E-state index in [2.05, 4.69) is 0 Å². The van der Waals surface area contributed by atoms with E-state index in [1.54, 1.807) is 18.2 Å². The molecule has 0 amide bonds. The third-order valence-electron chi connectivity index (χ3n) is 2.40. The average Bonchev–Trinajstić information content (AvgIpc) is 2.83. The molecule has 1 aliphatic rings. The molecule has 0 bridgehead atoms. The SMILES string of the molecule is N[C@@H]1C[C@H]1c1cccc(C(=O)O)c1. The second kappa shape index (κ2) is 2.85. The molecule has 0 aromatic heterocycles. The van der Waals surface area contributed by atoms with Crippen LogP contribution in [0.3, 0.4) is 0 Å². The van der Waals surface area contributed by atoms with Crippen LogP contribution in [-0.4, -0.2) is 17.1 Å². The van der Waals surface area contributed by atoms with E-state index in [1.807, 2.05) is 6.07 Å². The van der Waals surface area contributed by atoms with Crippen LogP contribution < -0.4 is 5.73 Å². The minimum atomic E-state index is -0.879. The molecule has 2 rings (SSSR count). The van der Waals surface area contributed by atoms with Crippen molar-refractivity contribution in [2.45, 2.75) is 18.4 Å². The first-order valence-corrected chi connectivity index (χ1v) is 4.27. The van der Waals surface area contributed by atoms with Crippen LogP contribution >= 0.6 is 0 Å². The topological polar surface area (TPSA) is 63.3 Å². The number of nitrogens with two attached hydrogens (primary N) is 1. The maximum atomic E-state index is 10.6. The van der Waals surface area contributed by atoms with Crippen molar-refractivity contribution in [3.8, 4) is 0 Å². The average molecular weight is 177 g/mol. The van der Waals surface area contributed by atoms with Crippen LogP contribution in [-0.2, 0) is 0 Å². The number of carboxylic acids is 1. The van der Waals surface area contributed by atoms with Gasteiger partial charge in [-0.1, -0.05) is 12.1 Å². The summed E-state index contributed by atoms with van der Waals surface area (Å²) in [6, 6.07) is 7.23. The van der Waals surface area contributed by atoms with Crippen LogP contribution in [0.15, 0.2) is 24.3 Å². The monoisotopic (exact) mass is 177 g/mol. The number of carbonyl (C=O) groups is 1. The summed E-state index contributed by atoms with van der Waals surface area (Å²) >= 11 is 0. The molecule has 0 heterocycles. The van der Waals surface area contributed by atoms with Crippen molar-refractivity contribution >= 4 is 5.97 Å². The zero-order valence-electron chi connectivity index (χ0n) is 7.10. The van der Waals surface area contributed by atoms with E-state index >= 15 is 0 Å². The lowest BCUT2D eigenvalue weighted by molar-refractivity contribution is 0.0697. The first-order chi connectivity index (χ1) is 6.18. The van der Waals surface area contributed by atoms with Gasteiger partial charge < -0.3 is 10.8 Å². The Bertz CT molecular complexity index is 349. The molecule has 3 nitrogen and oxygen atoms in total. The highest BCUT2D eigenvalue weighted by molar-refractivity contribution is 5.87. The van der Waals surface area contributed by atoms with Crippen molar-refractivity contribution in [2.75, 3.05) is 0 Å². The molecule has 68 valence electrons. The van der Waals surface area contributed by atoms with Gasteiger partial charge in [0.15, 0.2) is 0 Å². The third-order valence-corrected chi connectivity index (χ3v) is 2.40. The zero-order chi connectivity index (χ0) is 9.42. The zero-order valence-corrected chi connectivity index (χ0v) is 7.10. The Labute approximate surface area is 76.2 Å². The molecule has 3 heteroatoms. The minimum Gasteiger partial charge on any atom is -0.478 e. The van der Waals surface area contributed by atoms with E-state index in [1.165, 1.54) is 0 Å². The Balaban J connectivity index is 2.28. The molecule has 2 atom stereocenters. The van der Waals surface area contributed by atoms with E-state index in [9.17, 15) is 4.79 Å². The second-order valence-corrected chi connectivity index (χ2v) is 3.44. The van der Waals surface area contributed by atoms with Gasteiger partial charge in [0.05, 0.1) is 5.56 Å². The van der Waals surface area contributed by atoms with Gasteiger partial charge in [0.2, 0.25) is 0 Å². The van der Waals surface area contributed by atoms with Crippen molar-refractivity contribution in [1.29, 1.82) is 0 Å². The van der Waals surface area contributed by atoms with Crippen molar-refractivity contribution in [1.82, 2.24) is 0 Å². The summed E-state index contributed by atoms with van der Waals surface area (Å²) in [5.74, 6) is -0.504. The highest BCUT2D eigenvalue weighted by Crippen LogP contribution is 2.38. The Morgan fingerprint density at radius 2 is 2.23 bits per heavy atom. The lowest BCUT2D eigenvalue weighted by Crippen LogP contribution is -2.02. The van der Waals surface area contributed by atoms with Crippen LogP contribution in [0.4, 0.5) is 0 Å². The van der Waals surface area contributed by atoms with Gasteiger partial charge in [-0.2, -0.15) is 0 Å². The van der Waals surface area contributed by atoms with E-state index < -0.39 is 5.97 Å². The van der Waals surface area contributed by atoms with Crippen molar-refractivity contribution < 1.29 is 9.90 Å². The number of carboxylic acid groups (broad SMARTS) is 1. The predicted molar refractivity (Wildman–Crippen MR) is 48.7 cm³/mol. The number of aromatic carboxylic acids is 1. The standard InChI is InChI=1S/C10H11NO2/c11-9-5-8(9)6-2-1-3-7(4-6)10(12)13/h1-4,8-9H,5,11H2,(H,12,13)/t8-,9+/m0/s1. The van der Waals surface area contributed by atoms with Crippen LogP contribution in [0.25, 0.3) is 0 Å². The molecule has 0 radical (unpaired) electrons. The quantitative estimate of drug-likeness (QED) is 0.713. The summed E-state index contributed by atoms with van der Waals surface area (Å²) in [5, 5.41) is 8.75. The molecule has 0 aliphatic heterocycles. The summed E-state index contributed by atoms with van der Waals surface area (Å²) in [6.07, 6.45) is 0.975. The molecule has 13 heavy (non-hydrogen) atoms. The maximum Gasteiger partial charge on any atom is 0.335 e. The predicted octanol–water partition coefficient (Wildman–Crippen LogP) is 1.20. The van der Waals surface area contributed by atoms with E-state index in [4.69, 9.17) is 10.8 Å². The van der Waals surface area contributed by atoms with Gasteiger partial charge >= 0.3 is 5.97 Å². The Morgan fingerprint density at radius 1 is 1.54 bits per heavy atom. The van der Waals surface area contributed by atoms with Gasteiger partial charge in [-0.25, -0.2) is 4.79 Å². The fourth-order valence-corrected chi connectivity index (χ4v) is 1.50. The van der Waals surface area contributed by atoms with E-state index in [0.717, 1.165) is 12.0 Å². The summed E-state index contributed by atoms with van der Waals surface area (Å²) in [7, 11) is 0. The van der Waals surface area contributed by atoms with Gasteiger partial charge in [0.1, 0.15) is 0 Å². The molecular weight excluding hydrogens is 166 g/mol. The second-order valence-electron chi connectivity index (χ2n) is 3.44. The Hall–Kier alpha value is -1.35. The highest BCUT2D eigenvalue weighted by Gasteiger charge is 2.34. The smallest absolute Gasteiger partial charge is 0.335 e. The summed E-state index contributed by atoms with van der Waals surface area (Å²) in [6.45, 7) is 0. The van der Waals surface area contributed by atoms with Gasteiger partial charge in [0, 0.05) is 12.0 Å². The molecule has 1 aromatic rings. The molecule has 0 unspecified atom stereocenters. The number of hydrogen-bond donors (Lipinski definition) is 2. The molecule has 1 fully saturated rings. The molecule has 1 aromatic carbocycles. The fourth-order valence-electron chi connectivity index (χ4n) is 1.50. The van der Waals surface area contributed by atoms with Crippen molar-refractivity contribution in [3.63, 3.8) is 0 Å². The van der Waals surface area contributed by atoms with Gasteiger partial charge in [-0.15, -0.1) is 0 Å². The fraction of sp³-hybridized carbons (Fsp3) is 0.300. The summed E-state index contributed by atoms with van der Waals surface area (Å²) < 4.78 is 0. The van der Waals surface area contributed by atoms with Crippen LogP contribution in [0.5, 0.6) is 0 Å². The summed E-state index contributed by atoms with van der Waals surface area (Å²) in [5.41, 5.74) is 7.07. The first kappa shape index (κ1) is 8.26. The normalized spacial score (nSPS) is 25.6. The first-order valence-electron chi connectivity index (χ1n) is 4.27. The van der Waals surface area contributed by atoms with Crippen LogP contribution in [0.1, 0.15) is 28.3 Å². The maximum absolute atomic E-state index is 10.6. The molecule has 1 saturated carbocycles. The highest BCUT2D eigenvalue weighted by atomic mass is 16.4. The lowest BCUT2D eigenvalue weighted by Gasteiger charge is -1.99. The van der Waals surface area contributed by atoms with E-state index in [0.29, 0.717) is 11.5 Å². The number of benzene rings is 1. The lowest BCUT2D eigenvalue weighted by atomic mass is 10.1. The molecular formula is C10H11NO2. The third kappa shape index (κ3) is 1.55. The van der Waals surface area contributed by atoms with Crippen molar-refractivity contribution in [2.24, 2.45) is 5.73 Å². The largest absolute Gasteiger partial charge is 0.478 e.